The summed E-state index contributed by atoms with van der Waals surface area (Å²) in [6.45, 7) is 4.14. The van der Waals surface area contributed by atoms with Crippen LogP contribution in [0.4, 0.5) is 0 Å². The Hall–Kier alpha value is -1.35. The molecule has 2 aromatic heterocycles. The molecule has 3 heteroatoms. The van der Waals surface area contributed by atoms with Crippen LogP contribution in [0.3, 0.4) is 0 Å². The predicted octanol–water partition coefficient (Wildman–Crippen LogP) is 3.70. The third-order valence-corrected chi connectivity index (χ3v) is 4.56. The van der Waals surface area contributed by atoms with Gasteiger partial charge in [0, 0.05) is 12.7 Å². The third kappa shape index (κ3) is 3.04. The Morgan fingerprint density at radius 2 is 2.15 bits per heavy atom. The van der Waals surface area contributed by atoms with Crippen molar-refractivity contribution in [1.29, 1.82) is 0 Å². The van der Waals surface area contributed by atoms with Crippen LogP contribution in [0.25, 0.3) is 5.65 Å². The maximum Gasteiger partial charge on any atom is 0.137 e. The van der Waals surface area contributed by atoms with Gasteiger partial charge in [-0.3, -0.25) is 0 Å². The molecule has 3 rings (SSSR count). The average Bonchev–Trinajstić information content (AvgIpc) is 3.06. The second-order valence-electron chi connectivity index (χ2n) is 6.04. The van der Waals surface area contributed by atoms with Gasteiger partial charge < -0.3 is 9.72 Å². The van der Waals surface area contributed by atoms with Gasteiger partial charge in [0.05, 0.1) is 11.4 Å². The number of aromatic nitrogens is 2. The van der Waals surface area contributed by atoms with Crippen molar-refractivity contribution in [1.82, 2.24) is 14.7 Å². The smallest absolute Gasteiger partial charge is 0.137 e. The van der Waals surface area contributed by atoms with Gasteiger partial charge in [0.1, 0.15) is 5.65 Å². The number of hydrogen-bond acceptors (Lipinski definition) is 2. The fourth-order valence-electron chi connectivity index (χ4n) is 3.40. The van der Waals surface area contributed by atoms with Crippen LogP contribution < -0.4 is 5.32 Å². The van der Waals surface area contributed by atoms with Crippen LogP contribution in [0, 0.1) is 12.8 Å². The number of nitrogens with zero attached hydrogens (tertiary/aromatic N) is 2. The summed E-state index contributed by atoms with van der Waals surface area (Å²) in [6, 6.07) is 6.18. The maximum absolute atomic E-state index is 4.60. The normalized spacial score (nSPS) is 16.2. The Balaban J connectivity index is 1.48. The van der Waals surface area contributed by atoms with Gasteiger partial charge in [-0.1, -0.05) is 31.7 Å². The maximum atomic E-state index is 4.60. The van der Waals surface area contributed by atoms with Crippen molar-refractivity contribution >= 4 is 5.65 Å². The van der Waals surface area contributed by atoms with Gasteiger partial charge in [0.2, 0.25) is 0 Å². The molecule has 0 bridgehead atoms. The molecule has 2 heterocycles. The monoisotopic (exact) mass is 271 g/mol. The van der Waals surface area contributed by atoms with E-state index in [4.69, 9.17) is 0 Å². The van der Waals surface area contributed by atoms with Crippen LogP contribution >= 0.6 is 0 Å². The summed E-state index contributed by atoms with van der Waals surface area (Å²) >= 11 is 0. The summed E-state index contributed by atoms with van der Waals surface area (Å²) in [5.74, 6) is 1.01. The minimum atomic E-state index is 0.918. The zero-order chi connectivity index (χ0) is 13.8. The number of imidazole rings is 1. The summed E-state index contributed by atoms with van der Waals surface area (Å²) in [5.41, 5.74) is 3.48. The van der Waals surface area contributed by atoms with Crippen LogP contribution in [-0.2, 0) is 6.54 Å². The summed E-state index contributed by atoms with van der Waals surface area (Å²) in [6.07, 6.45) is 10.7. The SMILES string of the molecule is Cc1nc2ccccn2c1CNCCCC1CCCC1. The van der Waals surface area contributed by atoms with E-state index in [0.717, 1.165) is 30.3 Å². The van der Waals surface area contributed by atoms with E-state index in [9.17, 15) is 0 Å². The van der Waals surface area contributed by atoms with E-state index in [0.29, 0.717) is 0 Å². The second kappa shape index (κ2) is 6.40. The van der Waals surface area contributed by atoms with Crippen LogP contribution in [0.2, 0.25) is 0 Å². The molecule has 1 fully saturated rings. The van der Waals surface area contributed by atoms with Crippen LogP contribution in [0.15, 0.2) is 24.4 Å². The zero-order valence-corrected chi connectivity index (χ0v) is 12.4. The lowest BCUT2D eigenvalue weighted by Gasteiger charge is -2.09. The van der Waals surface area contributed by atoms with Crippen molar-refractivity contribution in [3.05, 3.63) is 35.8 Å². The topological polar surface area (TPSA) is 29.3 Å². The highest BCUT2D eigenvalue weighted by molar-refractivity contribution is 5.42. The molecule has 1 aliphatic carbocycles. The largest absolute Gasteiger partial charge is 0.311 e. The van der Waals surface area contributed by atoms with Crippen molar-refractivity contribution in [3.8, 4) is 0 Å². The molecule has 2 aromatic rings. The number of pyridine rings is 1. The summed E-state index contributed by atoms with van der Waals surface area (Å²) in [7, 11) is 0. The summed E-state index contributed by atoms with van der Waals surface area (Å²) < 4.78 is 2.19. The Morgan fingerprint density at radius 3 is 3.00 bits per heavy atom. The van der Waals surface area contributed by atoms with E-state index >= 15 is 0 Å². The summed E-state index contributed by atoms with van der Waals surface area (Å²) in [5, 5.41) is 3.58. The molecule has 0 spiro atoms. The Morgan fingerprint density at radius 1 is 1.30 bits per heavy atom. The van der Waals surface area contributed by atoms with E-state index < -0.39 is 0 Å². The molecule has 3 nitrogen and oxygen atoms in total. The van der Waals surface area contributed by atoms with Crippen molar-refractivity contribution in [3.63, 3.8) is 0 Å². The van der Waals surface area contributed by atoms with Gasteiger partial charge in [-0.2, -0.15) is 0 Å². The lowest BCUT2D eigenvalue weighted by Crippen LogP contribution is -2.17. The molecule has 0 amide bonds. The molecule has 20 heavy (non-hydrogen) atoms. The van der Waals surface area contributed by atoms with E-state index in [1.165, 1.54) is 44.2 Å². The second-order valence-corrected chi connectivity index (χ2v) is 6.04. The van der Waals surface area contributed by atoms with E-state index in [2.05, 4.69) is 40.0 Å². The fourth-order valence-corrected chi connectivity index (χ4v) is 3.40. The number of aryl methyl sites for hydroxylation is 1. The quantitative estimate of drug-likeness (QED) is 0.812. The number of rotatable bonds is 6. The first kappa shape index (κ1) is 13.6. The highest BCUT2D eigenvalue weighted by Crippen LogP contribution is 2.28. The molecule has 1 saturated carbocycles. The number of fused-ring (bicyclic) bond motifs is 1. The van der Waals surface area contributed by atoms with Crippen molar-refractivity contribution in [2.75, 3.05) is 6.54 Å². The highest BCUT2D eigenvalue weighted by Gasteiger charge is 2.14. The van der Waals surface area contributed by atoms with E-state index in [-0.39, 0.29) is 0 Å². The molecule has 0 radical (unpaired) electrons. The zero-order valence-electron chi connectivity index (χ0n) is 12.4. The highest BCUT2D eigenvalue weighted by atomic mass is 15.0. The minimum Gasteiger partial charge on any atom is -0.311 e. The Kier molecular flexibility index (Phi) is 4.36. The Bertz CT molecular complexity index is 552. The average molecular weight is 271 g/mol. The van der Waals surface area contributed by atoms with Crippen molar-refractivity contribution in [2.45, 2.75) is 52.0 Å². The minimum absolute atomic E-state index is 0.918. The van der Waals surface area contributed by atoms with Gasteiger partial charge in [0.15, 0.2) is 0 Å². The predicted molar refractivity (Wildman–Crippen MR) is 82.8 cm³/mol. The van der Waals surface area contributed by atoms with Gasteiger partial charge in [-0.25, -0.2) is 4.98 Å². The van der Waals surface area contributed by atoms with Crippen LogP contribution in [0.1, 0.15) is 49.9 Å². The van der Waals surface area contributed by atoms with Crippen LogP contribution in [0.5, 0.6) is 0 Å². The first-order valence-corrected chi connectivity index (χ1v) is 7.98. The van der Waals surface area contributed by atoms with Gasteiger partial charge >= 0.3 is 0 Å². The van der Waals surface area contributed by atoms with Gasteiger partial charge in [-0.15, -0.1) is 0 Å². The molecular formula is C17H25N3. The molecule has 0 atom stereocenters. The number of nitrogens with one attached hydrogen (secondary N) is 1. The molecule has 1 aliphatic rings. The Labute approximate surface area is 121 Å². The lowest BCUT2D eigenvalue weighted by molar-refractivity contribution is 0.469. The molecule has 1 N–H and O–H groups in total. The molecular weight excluding hydrogens is 246 g/mol. The van der Waals surface area contributed by atoms with Crippen molar-refractivity contribution in [2.24, 2.45) is 5.92 Å². The molecule has 0 unspecified atom stereocenters. The molecule has 0 aliphatic heterocycles. The van der Waals surface area contributed by atoms with Gasteiger partial charge in [0.25, 0.3) is 0 Å². The molecule has 108 valence electrons. The van der Waals surface area contributed by atoms with Crippen molar-refractivity contribution < 1.29 is 0 Å². The first-order chi connectivity index (χ1) is 9.84. The number of hydrogen-bond donors (Lipinski definition) is 1. The van der Waals surface area contributed by atoms with Gasteiger partial charge in [-0.05, 0) is 44.4 Å². The third-order valence-electron chi connectivity index (χ3n) is 4.56. The van der Waals surface area contributed by atoms with E-state index in [1.807, 2.05) is 6.07 Å². The lowest BCUT2D eigenvalue weighted by atomic mass is 10.0. The fraction of sp³-hybridized carbons (Fsp3) is 0.588. The molecule has 0 aromatic carbocycles. The molecule has 0 saturated heterocycles. The summed E-state index contributed by atoms with van der Waals surface area (Å²) in [4.78, 5) is 4.60. The van der Waals surface area contributed by atoms with E-state index in [1.54, 1.807) is 0 Å². The van der Waals surface area contributed by atoms with Crippen LogP contribution in [-0.4, -0.2) is 15.9 Å². The standard InChI is InChI=1S/C17H25N3/c1-14-16(20-12-5-4-10-17(20)19-14)13-18-11-6-9-15-7-2-3-8-15/h4-5,10,12,15,18H,2-3,6-9,11,13H2,1H3. The first-order valence-electron chi connectivity index (χ1n) is 7.98.